The van der Waals surface area contributed by atoms with E-state index in [0.29, 0.717) is 0 Å². The average Bonchev–Trinajstić information content (AvgIpc) is 1.87. The molecule has 1 rings (SSSR count). The van der Waals surface area contributed by atoms with Crippen LogP contribution in [0.1, 0.15) is 0 Å². The van der Waals surface area contributed by atoms with Crippen molar-refractivity contribution in [1.82, 2.24) is 5.32 Å². The van der Waals surface area contributed by atoms with Crippen LogP contribution in [0.15, 0.2) is 0 Å². The highest BCUT2D eigenvalue weighted by atomic mass is 127. The molecule has 1 aliphatic heterocycles. The number of hydrogen-bond donors (Lipinski definition) is 1. The molecule has 1 unspecified atom stereocenters. The van der Waals surface area contributed by atoms with Gasteiger partial charge in [-0.1, -0.05) is 0 Å². The van der Waals surface area contributed by atoms with Gasteiger partial charge in [0.15, 0.2) is 4.23 Å². The second kappa shape index (κ2) is 1.95. The molecule has 0 aromatic rings. The second-order valence-electron chi connectivity index (χ2n) is 1.19. The lowest BCUT2D eigenvalue weighted by molar-refractivity contribution is -0.119. The summed E-state index contributed by atoms with van der Waals surface area (Å²) in [6, 6.07) is 0. The molecular formula is C3H4INO2. The predicted octanol–water partition coefficient (Wildman–Crippen LogP) is -0.149. The first-order valence-electron chi connectivity index (χ1n) is 1.84. The molecule has 40 valence electrons. The molecule has 0 radical (unpaired) electrons. The van der Waals surface area contributed by atoms with E-state index in [-0.39, 0.29) is 16.7 Å². The van der Waals surface area contributed by atoms with Gasteiger partial charge in [0.2, 0.25) is 5.91 Å². The van der Waals surface area contributed by atoms with Gasteiger partial charge in [-0.2, -0.15) is 0 Å². The molecule has 1 amide bonds. The van der Waals surface area contributed by atoms with Gasteiger partial charge in [-0.15, -0.1) is 0 Å². The Hall–Kier alpha value is 0.160. The van der Waals surface area contributed by atoms with Gasteiger partial charge in [0.05, 0.1) is 0 Å². The van der Waals surface area contributed by atoms with E-state index in [2.05, 4.69) is 5.32 Å². The van der Waals surface area contributed by atoms with Gasteiger partial charge in [0.1, 0.15) is 6.61 Å². The van der Waals surface area contributed by atoms with E-state index in [9.17, 15) is 4.79 Å². The molecule has 1 fully saturated rings. The Morgan fingerprint density at radius 2 is 2.71 bits per heavy atom. The largest absolute Gasteiger partial charge is 0.339 e. The smallest absolute Gasteiger partial charge is 0.248 e. The van der Waals surface area contributed by atoms with Crippen molar-refractivity contribution in [3.05, 3.63) is 0 Å². The summed E-state index contributed by atoms with van der Waals surface area (Å²) in [4.78, 5) is 10.2. The minimum Gasteiger partial charge on any atom is -0.339 e. The molecule has 0 saturated carbocycles. The van der Waals surface area contributed by atoms with E-state index in [1.165, 1.54) is 0 Å². The molecule has 0 aliphatic carbocycles. The SMILES string of the molecule is O=C1COC(I)N1. The number of ether oxygens (including phenoxy) is 1. The second-order valence-corrected chi connectivity index (χ2v) is 2.33. The van der Waals surface area contributed by atoms with Crippen molar-refractivity contribution < 1.29 is 9.53 Å². The zero-order valence-corrected chi connectivity index (χ0v) is 5.64. The number of nitrogens with one attached hydrogen (secondary N) is 1. The van der Waals surface area contributed by atoms with E-state index in [0.717, 1.165) is 0 Å². The first kappa shape index (κ1) is 5.30. The Balaban J connectivity index is 2.40. The van der Waals surface area contributed by atoms with Crippen LogP contribution in [-0.4, -0.2) is 16.7 Å². The standard InChI is InChI=1S/C3H4INO2/c4-3-5-2(6)1-7-3/h3H,1H2,(H,5,6). The van der Waals surface area contributed by atoms with E-state index in [4.69, 9.17) is 4.74 Å². The van der Waals surface area contributed by atoms with Gasteiger partial charge in [-0.25, -0.2) is 0 Å². The van der Waals surface area contributed by atoms with Crippen LogP contribution in [-0.2, 0) is 9.53 Å². The summed E-state index contributed by atoms with van der Waals surface area (Å²) in [5.41, 5.74) is 0. The normalized spacial score (nSPS) is 30.4. The van der Waals surface area contributed by atoms with Gasteiger partial charge in [-0.3, -0.25) is 4.79 Å². The highest BCUT2D eigenvalue weighted by Gasteiger charge is 2.16. The Labute approximate surface area is 54.6 Å². The van der Waals surface area contributed by atoms with E-state index in [1.54, 1.807) is 0 Å². The number of halogens is 1. The molecule has 3 nitrogen and oxygen atoms in total. The molecule has 0 aromatic heterocycles. The Bertz CT molecular complexity index is 94.9. The van der Waals surface area contributed by atoms with E-state index in [1.807, 2.05) is 22.6 Å². The fraction of sp³-hybridized carbons (Fsp3) is 0.667. The number of hydrogen-bond acceptors (Lipinski definition) is 2. The highest BCUT2D eigenvalue weighted by Crippen LogP contribution is 2.02. The first-order valence-corrected chi connectivity index (χ1v) is 3.08. The van der Waals surface area contributed by atoms with Gasteiger partial charge >= 0.3 is 0 Å². The van der Waals surface area contributed by atoms with Crippen molar-refractivity contribution in [3.63, 3.8) is 0 Å². The number of rotatable bonds is 0. The van der Waals surface area contributed by atoms with Crippen LogP contribution < -0.4 is 5.32 Å². The molecular weight excluding hydrogens is 209 g/mol. The van der Waals surface area contributed by atoms with E-state index < -0.39 is 0 Å². The molecule has 1 N–H and O–H groups in total. The third-order valence-corrected chi connectivity index (χ3v) is 1.31. The first-order chi connectivity index (χ1) is 3.29. The summed E-state index contributed by atoms with van der Waals surface area (Å²) in [5, 5.41) is 2.54. The zero-order chi connectivity index (χ0) is 5.28. The lowest BCUT2D eigenvalue weighted by Crippen LogP contribution is -2.20. The van der Waals surface area contributed by atoms with Crippen molar-refractivity contribution in [3.8, 4) is 0 Å². The lowest BCUT2D eigenvalue weighted by atomic mass is 10.7. The molecule has 0 aromatic carbocycles. The van der Waals surface area contributed by atoms with Crippen molar-refractivity contribution in [2.45, 2.75) is 4.23 Å². The number of alkyl halides is 1. The fourth-order valence-electron chi connectivity index (χ4n) is 0.359. The average molecular weight is 213 g/mol. The molecule has 1 saturated heterocycles. The zero-order valence-electron chi connectivity index (χ0n) is 3.48. The van der Waals surface area contributed by atoms with E-state index >= 15 is 0 Å². The number of carbonyl (C=O) groups excluding carboxylic acids is 1. The van der Waals surface area contributed by atoms with Crippen molar-refractivity contribution >= 4 is 28.5 Å². The van der Waals surface area contributed by atoms with Gasteiger partial charge in [0.25, 0.3) is 0 Å². The van der Waals surface area contributed by atoms with Crippen molar-refractivity contribution in [1.29, 1.82) is 0 Å². The minimum atomic E-state index is -0.106. The monoisotopic (exact) mass is 213 g/mol. The Morgan fingerprint density at radius 1 is 2.00 bits per heavy atom. The van der Waals surface area contributed by atoms with Crippen molar-refractivity contribution in [2.24, 2.45) is 0 Å². The molecule has 0 bridgehead atoms. The summed E-state index contributed by atoms with van der Waals surface area (Å²) < 4.78 is 4.68. The summed E-state index contributed by atoms with van der Waals surface area (Å²) in [6.45, 7) is 0.216. The molecule has 1 heterocycles. The van der Waals surface area contributed by atoms with Crippen LogP contribution >= 0.6 is 22.6 Å². The quantitative estimate of drug-likeness (QED) is 0.345. The Kier molecular flexibility index (Phi) is 1.48. The van der Waals surface area contributed by atoms with Gasteiger partial charge in [0, 0.05) is 0 Å². The molecule has 4 heteroatoms. The third-order valence-electron chi connectivity index (χ3n) is 0.635. The number of amides is 1. The van der Waals surface area contributed by atoms with Gasteiger partial charge < -0.3 is 10.1 Å². The summed E-state index contributed by atoms with van der Waals surface area (Å²) >= 11 is 1.99. The number of carbonyl (C=O) groups is 1. The maximum Gasteiger partial charge on any atom is 0.248 e. The Morgan fingerprint density at radius 3 is 2.86 bits per heavy atom. The molecule has 0 spiro atoms. The predicted molar refractivity (Wildman–Crippen MR) is 31.9 cm³/mol. The van der Waals surface area contributed by atoms with Crippen LogP contribution in [0, 0.1) is 0 Å². The van der Waals surface area contributed by atoms with Gasteiger partial charge in [-0.05, 0) is 22.6 Å². The summed E-state index contributed by atoms with van der Waals surface area (Å²) in [6.07, 6.45) is 0. The molecule has 1 atom stereocenters. The highest BCUT2D eigenvalue weighted by molar-refractivity contribution is 14.1. The maximum atomic E-state index is 10.2. The summed E-state index contributed by atoms with van der Waals surface area (Å²) in [5.74, 6) is -0.0283. The molecule has 7 heavy (non-hydrogen) atoms. The lowest BCUT2D eigenvalue weighted by Gasteiger charge is -1.93. The van der Waals surface area contributed by atoms with Crippen LogP contribution in [0.4, 0.5) is 0 Å². The topological polar surface area (TPSA) is 38.3 Å². The van der Waals surface area contributed by atoms with Crippen molar-refractivity contribution in [2.75, 3.05) is 6.61 Å². The minimum absolute atomic E-state index is 0.0283. The van der Waals surface area contributed by atoms with Crippen LogP contribution in [0.25, 0.3) is 0 Å². The van der Waals surface area contributed by atoms with Crippen LogP contribution in [0.3, 0.4) is 0 Å². The fourth-order valence-corrected chi connectivity index (χ4v) is 0.886. The van der Waals surface area contributed by atoms with Crippen LogP contribution in [0.2, 0.25) is 0 Å². The third kappa shape index (κ3) is 1.27. The summed E-state index contributed by atoms with van der Waals surface area (Å²) in [7, 11) is 0. The molecule has 1 aliphatic rings. The van der Waals surface area contributed by atoms with Crippen LogP contribution in [0.5, 0.6) is 0 Å². The maximum absolute atomic E-state index is 10.2.